The average Bonchev–Trinajstić information content (AvgIpc) is 3.08. The number of rotatable bonds is 4. The molecular formula is C18H19ClN6OS. The SMILES string of the molecule is Cn1ncc2c(SCC(=O)N3CCN(c4cccc(Cl)c4)CC3)ncnc21. The molecule has 0 aliphatic carbocycles. The monoisotopic (exact) mass is 402 g/mol. The fourth-order valence-corrected chi connectivity index (χ4v) is 4.21. The van der Waals surface area contributed by atoms with Crippen molar-refractivity contribution in [2.75, 3.05) is 36.8 Å². The van der Waals surface area contributed by atoms with Crippen LogP contribution in [0.2, 0.25) is 5.02 Å². The van der Waals surface area contributed by atoms with Gasteiger partial charge in [0, 0.05) is 43.9 Å². The van der Waals surface area contributed by atoms with Crippen LogP contribution in [0.3, 0.4) is 0 Å². The Hall–Kier alpha value is -2.32. The second-order valence-electron chi connectivity index (χ2n) is 6.32. The number of benzene rings is 1. The first-order valence-corrected chi connectivity index (χ1v) is 10.0. The van der Waals surface area contributed by atoms with Gasteiger partial charge < -0.3 is 9.80 Å². The van der Waals surface area contributed by atoms with Crippen molar-refractivity contribution in [2.24, 2.45) is 7.05 Å². The summed E-state index contributed by atoms with van der Waals surface area (Å²) in [6.07, 6.45) is 3.26. The zero-order valence-electron chi connectivity index (χ0n) is 14.9. The largest absolute Gasteiger partial charge is 0.368 e. The van der Waals surface area contributed by atoms with Crippen LogP contribution >= 0.6 is 23.4 Å². The van der Waals surface area contributed by atoms with Gasteiger partial charge in [-0.2, -0.15) is 5.10 Å². The zero-order chi connectivity index (χ0) is 18.8. The third kappa shape index (κ3) is 3.86. The molecule has 1 saturated heterocycles. The second-order valence-corrected chi connectivity index (χ2v) is 7.72. The number of aromatic nitrogens is 4. The first kappa shape index (κ1) is 18.1. The van der Waals surface area contributed by atoms with E-state index in [1.165, 1.54) is 18.1 Å². The molecule has 1 amide bonds. The van der Waals surface area contributed by atoms with Crippen molar-refractivity contribution in [3.05, 3.63) is 41.8 Å². The Morgan fingerprint density at radius 3 is 2.81 bits per heavy atom. The summed E-state index contributed by atoms with van der Waals surface area (Å²) in [6.45, 7) is 3.02. The van der Waals surface area contributed by atoms with Gasteiger partial charge in [0.1, 0.15) is 11.4 Å². The molecular weight excluding hydrogens is 384 g/mol. The minimum absolute atomic E-state index is 0.126. The molecule has 7 nitrogen and oxygen atoms in total. The summed E-state index contributed by atoms with van der Waals surface area (Å²) in [5.74, 6) is 0.486. The highest BCUT2D eigenvalue weighted by atomic mass is 35.5. The minimum Gasteiger partial charge on any atom is -0.368 e. The van der Waals surface area contributed by atoms with E-state index in [4.69, 9.17) is 11.6 Å². The van der Waals surface area contributed by atoms with E-state index in [2.05, 4.69) is 20.0 Å². The number of amides is 1. The summed E-state index contributed by atoms with van der Waals surface area (Å²) in [6, 6.07) is 7.83. The number of halogens is 1. The molecule has 1 aromatic carbocycles. The Morgan fingerprint density at radius 2 is 2.04 bits per heavy atom. The van der Waals surface area contributed by atoms with E-state index in [0.29, 0.717) is 18.8 Å². The average molecular weight is 403 g/mol. The molecule has 140 valence electrons. The van der Waals surface area contributed by atoms with Gasteiger partial charge in [0.25, 0.3) is 0 Å². The quantitative estimate of drug-likeness (QED) is 0.493. The van der Waals surface area contributed by atoms with Gasteiger partial charge in [0.2, 0.25) is 5.91 Å². The van der Waals surface area contributed by atoms with Crippen LogP contribution in [0.25, 0.3) is 11.0 Å². The molecule has 0 saturated carbocycles. The van der Waals surface area contributed by atoms with Crippen molar-refractivity contribution >= 4 is 46.0 Å². The van der Waals surface area contributed by atoms with Crippen molar-refractivity contribution in [2.45, 2.75) is 5.03 Å². The first-order chi connectivity index (χ1) is 13.1. The van der Waals surface area contributed by atoms with E-state index in [9.17, 15) is 4.79 Å². The van der Waals surface area contributed by atoms with Crippen LogP contribution in [0.4, 0.5) is 5.69 Å². The molecule has 1 aliphatic heterocycles. The lowest BCUT2D eigenvalue weighted by atomic mass is 10.2. The van der Waals surface area contributed by atoms with Crippen LogP contribution in [0.15, 0.2) is 41.8 Å². The van der Waals surface area contributed by atoms with E-state index in [0.717, 1.165) is 39.9 Å². The van der Waals surface area contributed by atoms with Gasteiger partial charge in [-0.25, -0.2) is 9.97 Å². The van der Waals surface area contributed by atoms with Gasteiger partial charge in [0.15, 0.2) is 5.65 Å². The van der Waals surface area contributed by atoms with Crippen LogP contribution in [0, 0.1) is 0 Å². The summed E-state index contributed by atoms with van der Waals surface area (Å²) in [5.41, 5.74) is 1.87. The number of anilines is 1. The molecule has 1 aliphatic rings. The Kier molecular flexibility index (Phi) is 5.18. The summed E-state index contributed by atoms with van der Waals surface area (Å²) in [4.78, 5) is 25.3. The fraction of sp³-hybridized carbons (Fsp3) is 0.333. The highest BCUT2D eigenvalue weighted by Crippen LogP contribution is 2.25. The van der Waals surface area contributed by atoms with Crippen LogP contribution in [-0.4, -0.2) is 62.5 Å². The van der Waals surface area contributed by atoms with E-state index in [-0.39, 0.29) is 5.91 Å². The molecule has 0 unspecified atom stereocenters. The third-order valence-corrected chi connectivity index (χ3v) is 5.86. The van der Waals surface area contributed by atoms with Gasteiger partial charge in [-0.1, -0.05) is 29.4 Å². The predicted octanol–water partition coefficient (Wildman–Crippen LogP) is 2.46. The lowest BCUT2D eigenvalue weighted by Gasteiger charge is -2.36. The number of nitrogens with zero attached hydrogens (tertiary/aromatic N) is 6. The first-order valence-electron chi connectivity index (χ1n) is 8.65. The molecule has 0 N–H and O–H groups in total. The zero-order valence-corrected chi connectivity index (χ0v) is 16.4. The molecule has 27 heavy (non-hydrogen) atoms. The van der Waals surface area contributed by atoms with Gasteiger partial charge >= 0.3 is 0 Å². The van der Waals surface area contributed by atoms with E-state index in [1.54, 1.807) is 10.9 Å². The molecule has 0 atom stereocenters. The predicted molar refractivity (Wildman–Crippen MR) is 107 cm³/mol. The number of carbonyl (C=O) groups excluding carboxylic acids is 1. The van der Waals surface area contributed by atoms with E-state index in [1.807, 2.05) is 36.2 Å². The van der Waals surface area contributed by atoms with Crippen LogP contribution in [0.1, 0.15) is 0 Å². The molecule has 0 spiro atoms. The topological polar surface area (TPSA) is 67.2 Å². The summed E-state index contributed by atoms with van der Waals surface area (Å²) in [5, 5.41) is 6.61. The maximum absolute atomic E-state index is 12.6. The molecule has 9 heteroatoms. The van der Waals surface area contributed by atoms with Gasteiger partial charge in [-0.05, 0) is 18.2 Å². The van der Waals surface area contributed by atoms with Crippen molar-refractivity contribution in [3.8, 4) is 0 Å². The van der Waals surface area contributed by atoms with Crippen LogP contribution < -0.4 is 4.90 Å². The Morgan fingerprint density at radius 1 is 1.22 bits per heavy atom. The maximum atomic E-state index is 12.6. The lowest BCUT2D eigenvalue weighted by molar-refractivity contribution is -0.128. The molecule has 0 bridgehead atoms. The molecule has 4 rings (SSSR count). The normalized spacial score (nSPS) is 14.7. The number of aryl methyl sites for hydroxylation is 1. The van der Waals surface area contributed by atoms with Crippen LogP contribution in [0.5, 0.6) is 0 Å². The third-order valence-electron chi connectivity index (χ3n) is 4.63. The maximum Gasteiger partial charge on any atom is 0.233 e. The number of hydrogen-bond acceptors (Lipinski definition) is 6. The minimum atomic E-state index is 0.126. The fourth-order valence-electron chi connectivity index (χ4n) is 3.16. The van der Waals surface area contributed by atoms with Crippen molar-refractivity contribution in [1.82, 2.24) is 24.6 Å². The second kappa shape index (κ2) is 7.74. The number of carbonyl (C=O) groups is 1. The molecule has 3 aromatic rings. The number of piperazine rings is 1. The summed E-state index contributed by atoms with van der Waals surface area (Å²) < 4.78 is 1.71. The van der Waals surface area contributed by atoms with Gasteiger partial charge in [-0.3, -0.25) is 9.48 Å². The smallest absolute Gasteiger partial charge is 0.233 e. The van der Waals surface area contributed by atoms with Crippen LogP contribution in [-0.2, 0) is 11.8 Å². The van der Waals surface area contributed by atoms with E-state index >= 15 is 0 Å². The number of hydrogen-bond donors (Lipinski definition) is 0. The molecule has 1 fully saturated rings. The molecule has 0 radical (unpaired) electrons. The summed E-state index contributed by atoms with van der Waals surface area (Å²) in [7, 11) is 1.84. The van der Waals surface area contributed by atoms with Crippen molar-refractivity contribution < 1.29 is 4.79 Å². The highest BCUT2D eigenvalue weighted by molar-refractivity contribution is 8.00. The van der Waals surface area contributed by atoms with Crippen molar-refractivity contribution in [3.63, 3.8) is 0 Å². The lowest BCUT2D eigenvalue weighted by Crippen LogP contribution is -2.49. The van der Waals surface area contributed by atoms with Crippen molar-refractivity contribution in [1.29, 1.82) is 0 Å². The van der Waals surface area contributed by atoms with E-state index < -0.39 is 0 Å². The molecule has 2 aromatic heterocycles. The molecule has 3 heterocycles. The number of thioether (sulfide) groups is 1. The Bertz CT molecular complexity index is 969. The standard InChI is InChI=1S/C18H19ClN6OS/c1-23-17-15(10-22-23)18(21-12-20-17)27-11-16(26)25-7-5-24(6-8-25)14-4-2-3-13(19)9-14/h2-4,9-10,12H,5-8,11H2,1H3. The highest BCUT2D eigenvalue weighted by Gasteiger charge is 2.22. The Labute approximate surface area is 166 Å². The van der Waals surface area contributed by atoms with Gasteiger partial charge in [0.05, 0.1) is 17.3 Å². The number of fused-ring (bicyclic) bond motifs is 1. The summed E-state index contributed by atoms with van der Waals surface area (Å²) >= 11 is 7.51. The van der Waals surface area contributed by atoms with Gasteiger partial charge in [-0.15, -0.1) is 0 Å². The Balaban J connectivity index is 1.34.